The zero-order chi connectivity index (χ0) is 15.6. The van der Waals surface area contributed by atoms with Crippen LogP contribution in [-0.4, -0.2) is 46.4 Å². The first-order valence-electron chi connectivity index (χ1n) is 7.97. The number of carbonyl (C=O) groups excluding carboxylic acids is 1. The number of hydrogen-bond donors (Lipinski definition) is 0. The number of likely N-dealkylation sites (tertiary alicyclic amines) is 1. The molecule has 0 N–H and O–H groups in total. The quantitative estimate of drug-likeness (QED) is 0.849. The number of carbonyl (C=O) groups is 1. The molecule has 0 radical (unpaired) electrons. The second-order valence-electron chi connectivity index (χ2n) is 5.93. The SMILES string of the molecule is O=C([C@H]1COc2ccccc2O1)N1CCC[C@@H](n2cccn2)C1. The molecule has 0 spiro atoms. The Morgan fingerprint density at radius 1 is 1.22 bits per heavy atom. The number of benzene rings is 1. The summed E-state index contributed by atoms with van der Waals surface area (Å²) in [5.41, 5.74) is 0. The molecule has 2 aliphatic heterocycles. The van der Waals surface area contributed by atoms with Gasteiger partial charge < -0.3 is 14.4 Å². The van der Waals surface area contributed by atoms with Crippen molar-refractivity contribution in [1.29, 1.82) is 0 Å². The van der Waals surface area contributed by atoms with Gasteiger partial charge in [0.25, 0.3) is 5.91 Å². The molecule has 6 heteroatoms. The molecule has 1 aromatic carbocycles. The van der Waals surface area contributed by atoms with E-state index in [4.69, 9.17) is 9.47 Å². The number of amides is 1. The van der Waals surface area contributed by atoms with Crippen LogP contribution in [0, 0.1) is 0 Å². The summed E-state index contributed by atoms with van der Waals surface area (Å²) in [6.07, 6.45) is 5.17. The van der Waals surface area contributed by atoms with E-state index in [-0.39, 0.29) is 18.6 Å². The first-order valence-corrected chi connectivity index (χ1v) is 7.97. The minimum Gasteiger partial charge on any atom is -0.485 e. The number of fused-ring (bicyclic) bond motifs is 1. The summed E-state index contributed by atoms with van der Waals surface area (Å²) in [7, 11) is 0. The van der Waals surface area contributed by atoms with E-state index < -0.39 is 6.10 Å². The van der Waals surface area contributed by atoms with Crippen LogP contribution in [0.4, 0.5) is 0 Å². The molecule has 0 saturated carbocycles. The highest BCUT2D eigenvalue weighted by molar-refractivity contribution is 5.82. The highest BCUT2D eigenvalue weighted by Gasteiger charge is 2.33. The van der Waals surface area contributed by atoms with Crippen molar-refractivity contribution >= 4 is 5.91 Å². The summed E-state index contributed by atoms with van der Waals surface area (Å²) in [5, 5.41) is 4.30. The number of aromatic nitrogens is 2. The van der Waals surface area contributed by atoms with Crippen LogP contribution in [0.1, 0.15) is 18.9 Å². The van der Waals surface area contributed by atoms with Crippen molar-refractivity contribution in [3.63, 3.8) is 0 Å². The van der Waals surface area contributed by atoms with Crippen LogP contribution in [0.3, 0.4) is 0 Å². The van der Waals surface area contributed by atoms with Gasteiger partial charge in [0.15, 0.2) is 11.5 Å². The van der Waals surface area contributed by atoms with E-state index in [0.717, 1.165) is 19.4 Å². The minimum atomic E-state index is -0.568. The molecule has 0 bridgehead atoms. The lowest BCUT2D eigenvalue weighted by atomic mass is 10.1. The molecule has 6 nitrogen and oxygen atoms in total. The van der Waals surface area contributed by atoms with E-state index in [9.17, 15) is 4.79 Å². The Balaban J connectivity index is 1.45. The maximum Gasteiger partial charge on any atom is 0.267 e. The van der Waals surface area contributed by atoms with E-state index in [0.29, 0.717) is 18.0 Å². The largest absolute Gasteiger partial charge is 0.485 e. The number of para-hydroxylation sites is 2. The van der Waals surface area contributed by atoms with Gasteiger partial charge in [0.2, 0.25) is 6.10 Å². The third-order valence-electron chi connectivity index (χ3n) is 4.39. The summed E-state index contributed by atoms with van der Waals surface area (Å²) < 4.78 is 13.4. The standard InChI is InChI=1S/C17H19N3O3/c21-17(16-12-22-14-6-1-2-7-15(14)23-16)19-9-3-5-13(11-19)20-10-4-8-18-20/h1-2,4,6-8,10,13,16H,3,5,9,11-12H2/t13-,16-/m1/s1. The topological polar surface area (TPSA) is 56.6 Å². The summed E-state index contributed by atoms with van der Waals surface area (Å²) in [5.74, 6) is 1.33. The molecule has 23 heavy (non-hydrogen) atoms. The molecular formula is C17H19N3O3. The Hall–Kier alpha value is -2.50. The van der Waals surface area contributed by atoms with Crippen LogP contribution in [-0.2, 0) is 4.79 Å². The van der Waals surface area contributed by atoms with Crippen molar-refractivity contribution in [3.05, 3.63) is 42.7 Å². The fourth-order valence-corrected chi connectivity index (χ4v) is 3.21. The molecule has 4 rings (SSSR count). The molecule has 1 saturated heterocycles. The van der Waals surface area contributed by atoms with E-state index >= 15 is 0 Å². The van der Waals surface area contributed by atoms with E-state index in [1.165, 1.54) is 0 Å². The van der Waals surface area contributed by atoms with Gasteiger partial charge in [0, 0.05) is 25.5 Å². The second-order valence-corrected chi connectivity index (χ2v) is 5.93. The summed E-state index contributed by atoms with van der Waals surface area (Å²) in [4.78, 5) is 14.6. The van der Waals surface area contributed by atoms with Crippen molar-refractivity contribution in [2.45, 2.75) is 25.0 Å². The zero-order valence-electron chi connectivity index (χ0n) is 12.8. The monoisotopic (exact) mass is 313 g/mol. The van der Waals surface area contributed by atoms with Crippen molar-refractivity contribution in [2.24, 2.45) is 0 Å². The highest BCUT2D eigenvalue weighted by Crippen LogP contribution is 2.32. The van der Waals surface area contributed by atoms with Gasteiger partial charge in [-0.3, -0.25) is 9.48 Å². The first kappa shape index (κ1) is 14.1. The van der Waals surface area contributed by atoms with E-state index in [1.54, 1.807) is 6.20 Å². The molecule has 1 fully saturated rings. The Labute approximate surface area is 134 Å². The van der Waals surface area contributed by atoms with Gasteiger partial charge in [-0.2, -0.15) is 5.10 Å². The molecule has 0 aliphatic carbocycles. The molecule has 1 aromatic heterocycles. The Morgan fingerprint density at radius 2 is 2.09 bits per heavy atom. The molecule has 1 amide bonds. The predicted octanol–water partition coefficient (Wildman–Crippen LogP) is 1.89. The average Bonchev–Trinajstić information content (AvgIpc) is 3.15. The fourth-order valence-electron chi connectivity index (χ4n) is 3.21. The maximum atomic E-state index is 12.8. The molecule has 120 valence electrons. The lowest BCUT2D eigenvalue weighted by Crippen LogP contribution is -2.50. The van der Waals surface area contributed by atoms with E-state index in [2.05, 4.69) is 5.10 Å². The number of hydrogen-bond acceptors (Lipinski definition) is 4. The van der Waals surface area contributed by atoms with Crippen molar-refractivity contribution in [3.8, 4) is 11.5 Å². The zero-order valence-corrected chi connectivity index (χ0v) is 12.8. The van der Waals surface area contributed by atoms with Gasteiger partial charge in [0.1, 0.15) is 6.61 Å². The van der Waals surface area contributed by atoms with Gasteiger partial charge >= 0.3 is 0 Å². The lowest BCUT2D eigenvalue weighted by Gasteiger charge is -2.36. The normalized spacial score (nSPS) is 23.6. The molecule has 3 heterocycles. The van der Waals surface area contributed by atoms with E-state index in [1.807, 2.05) is 46.1 Å². The van der Waals surface area contributed by atoms with Crippen LogP contribution in [0.25, 0.3) is 0 Å². The number of rotatable bonds is 2. The summed E-state index contributed by atoms with van der Waals surface area (Å²) >= 11 is 0. The van der Waals surface area contributed by atoms with Crippen molar-refractivity contribution in [1.82, 2.24) is 14.7 Å². The highest BCUT2D eigenvalue weighted by atomic mass is 16.6. The first-order chi connectivity index (χ1) is 11.3. The number of piperidine rings is 1. The van der Waals surface area contributed by atoms with Crippen molar-refractivity contribution in [2.75, 3.05) is 19.7 Å². The Morgan fingerprint density at radius 3 is 2.91 bits per heavy atom. The predicted molar refractivity (Wildman–Crippen MR) is 83.4 cm³/mol. The van der Waals surface area contributed by atoms with Crippen LogP contribution in [0.2, 0.25) is 0 Å². The molecule has 2 atom stereocenters. The van der Waals surface area contributed by atoms with Gasteiger partial charge in [-0.05, 0) is 31.0 Å². The maximum absolute atomic E-state index is 12.8. The molecular weight excluding hydrogens is 294 g/mol. The van der Waals surface area contributed by atoms with Crippen LogP contribution in [0.5, 0.6) is 11.5 Å². The minimum absolute atomic E-state index is 0.00337. The fraction of sp³-hybridized carbons (Fsp3) is 0.412. The third-order valence-corrected chi connectivity index (χ3v) is 4.39. The van der Waals surface area contributed by atoms with Crippen molar-refractivity contribution < 1.29 is 14.3 Å². The van der Waals surface area contributed by atoms with Crippen LogP contribution < -0.4 is 9.47 Å². The Bertz CT molecular complexity index is 686. The van der Waals surface area contributed by atoms with Gasteiger partial charge in [-0.25, -0.2) is 0 Å². The molecule has 2 aromatic rings. The van der Waals surface area contributed by atoms with Crippen LogP contribution in [0.15, 0.2) is 42.7 Å². The van der Waals surface area contributed by atoms with Gasteiger partial charge in [-0.1, -0.05) is 12.1 Å². The smallest absolute Gasteiger partial charge is 0.267 e. The molecule has 2 aliphatic rings. The summed E-state index contributed by atoms with van der Waals surface area (Å²) in [6.45, 7) is 1.69. The average molecular weight is 313 g/mol. The number of nitrogens with zero attached hydrogens (tertiary/aromatic N) is 3. The van der Waals surface area contributed by atoms with Gasteiger partial charge in [-0.15, -0.1) is 0 Å². The lowest BCUT2D eigenvalue weighted by molar-refractivity contribution is -0.143. The molecule has 0 unspecified atom stereocenters. The third kappa shape index (κ3) is 2.76. The van der Waals surface area contributed by atoms with Gasteiger partial charge in [0.05, 0.1) is 6.04 Å². The van der Waals surface area contributed by atoms with Crippen LogP contribution >= 0.6 is 0 Å². The second kappa shape index (κ2) is 5.95. The summed E-state index contributed by atoms with van der Waals surface area (Å²) in [6, 6.07) is 9.60. The number of ether oxygens (including phenoxy) is 2. The Kier molecular flexibility index (Phi) is 3.65.